The molecule has 66 valence electrons. The number of carboxylic acid groups (broad SMARTS) is 1. The van der Waals surface area contributed by atoms with Crippen molar-refractivity contribution in [3.8, 4) is 0 Å². The first-order chi connectivity index (χ1) is 4.86. The maximum atomic E-state index is 10.2. The van der Waals surface area contributed by atoms with Crippen molar-refractivity contribution in [3.63, 3.8) is 0 Å². The third-order valence-electron chi connectivity index (χ3n) is 1.41. The van der Waals surface area contributed by atoms with Gasteiger partial charge >= 0.3 is 5.97 Å². The number of rotatable bonds is 4. The number of aliphatic carboxylic acids is 1. The fourth-order valence-electron chi connectivity index (χ4n) is 0.497. The summed E-state index contributed by atoms with van der Waals surface area (Å²) >= 11 is 10.9. The highest BCUT2D eigenvalue weighted by atomic mass is 35.5. The average Bonchev–Trinajstić information content (AvgIpc) is 1.84. The molecule has 0 rings (SSSR count). The van der Waals surface area contributed by atoms with Gasteiger partial charge in [0.15, 0.2) is 0 Å². The third-order valence-corrected chi connectivity index (χ3v) is 2.32. The first kappa shape index (κ1) is 11.0. The third kappa shape index (κ3) is 4.45. The van der Waals surface area contributed by atoms with E-state index in [9.17, 15) is 4.79 Å². The van der Waals surface area contributed by atoms with E-state index in [-0.39, 0.29) is 6.42 Å². The van der Waals surface area contributed by atoms with E-state index in [0.29, 0.717) is 6.42 Å². The lowest BCUT2D eigenvalue weighted by Gasteiger charge is -2.26. The van der Waals surface area contributed by atoms with Gasteiger partial charge in [0, 0.05) is 12.0 Å². The van der Waals surface area contributed by atoms with E-state index in [4.69, 9.17) is 28.7 Å². The lowest BCUT2D eigenvalue weighted by atomic mass is 10.0. The van der Waals surface area contributed by atoms with Gasteiger partial charge in [-0.2, -0.15) is 0 Å². The normalized spacial score (nSPS) is 12.1. The van der Waals surface area contributed by atoms with E-state index in [1.54, 1.807) is 13.8 Å². The first-order valence-corrected chi connectivity index (χ1v) is 3.87. The number of carboxylic acids is 1. The molecule has 11 heavy (non-hydrogen) atoms. The van der Waals surface area contributed by atoms with E-state index in [0.717, 1.165) is 3.94 Å². The summed E-state index contributed by atoms with van der Waals surface area (Å²) in [5, 5.41) is 8.35. The van der Waals surface area contributed by atoms with Crippen molar-refractivity contribution in [3.05, 3.63) is 0 Å². The zero-order chi connectivity index (χ0) is 9.07. The highest BCUT2D eigenvalue weighted by Crippen LogP contribution is 2.24. The number of halogens is 2. The maximum absolute atomic E-state index is 10.2. The SMILES string of the molecule is CC(C)(CCC(=O)O)N(Cl)Cl. The van der Waals surface area contributed by atoms with Gasteiger partial charge in [-0.05, 0) is 43.8 Å². The van der Waals surface area contributed by atoms with Crippen LogP contribution in [0, 0.1) is 0 Å². The zero-order valence-corrected chi connectivity index (χ0v) is 7.98. The van der Waals surface area contributed by atoms with Crippen LogP contribution < -0.4 is 0 Å². The van der Waals surface area contributed by atoms with Crippen molar-refractivity contribution in [1.29, 1.82) is 0 Å². The molecule has 0 aliphatic carbocycles. The van der Waals surface area contributed by atoms with Gasteiger partial charge in [0.05, 0.1) is 0 Å². The lowest BCUT2D eigenvalue weighted by Crippen LogP contribution is -2.31. The van der Waals surface area contributed by atoms with Crippen LogP contribution >= 0.6 is 23.6 Å². The Morgan fingerprint density at radius 3 is 2.27 bits per heavy atom. The fraction of sp³-hybridized carbons (Fsp3) is 0.833. The second kappa shape index (κ2) is 4.14. The molecule has 5 heteroatoms. The highest BCUT2D eigenvalue weighted by molar-refractivity contribution is 6.34. The van der Waals surface area contributed by atoms with Gasteiger partial charge < -0.3 is 5.11 Å². The molecule has 0 fully saturated rings. The summed E-state index contributed by atoms with van der Waals surface area (Å²) < 4.78 is 0.982. The Balaban J connectivity index is 3.82. The second-order valence-corrected chi connectivity index (χ2v) is 3.79. The predicted molar refractivity (Wildman–Crippen MR) is 44.5 cm³/mol. The zero-order valence-electron chi connectivity index (χ0n) is 6.47. The lowest BCUT2D eigenvalue weighted by molar-refractivity contribution is -0.137. The average molecular weight is 200 g/mol. The van der Waals surface area contributed by atoms with Gasteiger partial charge in [0.25, 0.3) is 0 Å². The molecule has 0 unspecified atom stereocenters. The summed E-state index contributed by atoms with van der Waals surface area (Å²) in [6.45, 7) is 3.55. The molecule has 3 nitrogen and oxygen atoms in total. The summed E-state index contributed by atoms with van der Waals surface area (Å²) in [4.78, 5) is 10.2. The standard InChI is InChI=1S/C6H11Cl2NO2/c1-6(2,9(7)8)4-3-5(10)11/h3-4H2,1-2H3,(H,10,11). The Morgan fingerprint density at radius 2 is 2.00 bits per heavy atom. The molecule has 0 atom stereocenters. The Morgan fingerprint density at radius 1 is 1.55 bits per heavy atom. The van der Waals surface area contributed by atoms with Crippen LogP contribution in [-0.2, 0) is 4.79 Å². The Kier molecular flexibility index (Phi) is 4.14. The van der Waals surface area contributed by atoms with Gasteiger partial charge in [0.1, 0.15) is 0 Å². The summed E-state index contributed by atoms with van der Waals surface area (Å²) in [7, 11) is 0. The predicted octanol–water partition coefficient (Wildman–Crippen LogP) is 2.24. The quantitative estimate of drug-likeness (QED) is 0.707. The van der Waals surface area contributed by atoms with Gasteiger partial charge in [-0.3, -0.25) is 4.79 Å². The minimum Gasteiger partial charge on any atom is -0.481 e. The molecule has 0 aromatic carbocycles. The van der Waals surface area contributed by atoms with Crippen molar-refractivity contribution in [2.24, 2.45) is 0 Å². The van der Waals surface area contributed by atoms with Crippen molar-refractivity contribution in [2.75, 3.05) is 0 Å². The summed E-state index contributed by atoms with van der Waals surface area (Å²) in [6, 6.07) is 0. The van der Waals surface area contributed by atoms with E-state index >= 15 is 0 Å². The molecule has 0 spiro atoms. The topological polar surface area (TPSA) is 40.5 Å². The van der Waals surface area contributed by atoms with Crippen molar-refractivity contribution in [2.45, 2.75) is 32.2 Å². The van der Waals surface area contributed by atoms with Crippen LogP contribution in [0.2, 0.25) is 0 Å². The van der Waals surface area contributed by atoms with Crippen LogP contribution in [0.5, 0.6) is 0 Å². The molecule has 0 heterocycles. The van der Waals surface area contributed by atoms with Crippen LogP contribution in [0.3, 0.4) is 0 Å². The molecule has 1 N–H and O–H groups in total. The Bertz CT molecular complexity index is 148. The molecule has 0 saturated heterocycles. The number of nitrogens with zero attached hydrogens (tertiary/aromatic N) is 1. The van der Waals surface area contributed by atoms with Crippen LogP contribution in [-0.4, -0.2) is 20.6 Å². The molecular formula is C6H11Cl2NO2. The Hall–Kier alpha value is 0.01000. The van der Waals surface area contributed by atoms with Gasteiger partial charge in [-0.25, -0.2) is 0 Å². The molecule has 0 amide bonds. The molecule has 0 aliphatic heterocycles. The first-order valence-electron chi connectivity index (χ1n) is 3.20. The Labute approximate surface area is 76.1 Å². The highest BCUT2D eigenvalue weighted by Gasteiger charge is 2.24. The summed E-state index contributed by atoms with van der Waals surface area (Å²) in [5.74, 6) is -0.840. The van der Waals surface area contributed by atoms with Gasteiger partial charge in [-0.15, -0.1) is 3.94 Å². The second-order valence-electron chi connectivity index (χ2n) is 2.94. The van der Waals surface area contributed by atoms with Gasteiger partial charge in [0.2, 0.25) is 0 Å². The number of hydrogen-bond acceptors (Lipinski definition) is 2. The van der Waals surface area contributed by atoms with Crippen LogP contribution in [0.15, 0.2) is 0 Å². The fourth-order valence-corrected chi connectivity index (χ4v) is 0.666. The van der Waals surface area contributed by atoms with E-state index in [1.165, 1.54) is 0 Å². The molecule has 0 radical (unpaired) electrons. The van der Waals surface area contributed by atoms with Gasteiger partial charge in [-0.1, -0.05) is 0 Å². The molecular weight excluding hydrogens is 189 g/mol. The molecule has 0 saturated carbocycles. The molecule has 0 aliphatic rings. The van der Waals surface area contributed by atoms with E-state index in [2.05, 4.69) is 0 Å². The largest absolute Gasteiger partial charge is 0.481 e. The number of hydrogen-bond donors (Lipinski definition) is 1. The van der Waals surface area contributed by atoms with Crippen molar-refractivity contribution >= 4 is 29.5 Å². The summed E-state index contributed by atoms with van der Waals surface area (Å²) in [6.07, 6.45) is 0.498. The monoisotopic (exact) mass is 199 g/mol. The van der Waals surface area contributed by atoms with Crippen molar-refractivity contribution in [1.82, 2.24) is 3.94 Å². The van der Waals surface area contributed by atoms with Crippen molar-refractivity contribution < 1.29 is 9.90 Å². The minimum atomic E-state index is -0.840. The molecule has 0 aromatic rings. The minimum absolute atomic E-state index is 0.0724. The van der Waals surface area contributed by atoms with Crippen LogP contribution in [0.1, 0.15) is 26.7 Å². The van der Waals surface area contributed by atoms with Crippen LogP contribution in [0.25, 0.3) is 0 Å². The number of carbonyl (C=O) groups is 1. The maximum Gasteiger partial charge on any atom is 0.303 e. The van der Waals surface area contributed by atoms with E-state index in [1.807, 2.05) is 0 Å². The molecule has 0 bridgehead atoms. The smallest absolute Gasteiger partial charge is 0.303 e. The van der Waals surface area contributed by atoms with Crippen LogP contribution in [0.4, 0.5) is 0 Å². The summed E-state index contributed by atoms with van der Waals surface area (Å²) in [5.41, 5.74) is -0.485. The molecule has 0 aromatic heterocycles. The van der Waals surface area contributed by atoms with E-state index < -0.39 is 11.5 Å².